The number of thioether (sulfide) groups is 1. The van der Waals surface area contributed by atoms with Gasteiger partial charge in [-0.15, -0.1) is 23.1 Å². The molecule has 2 aromatic heterocycles. The maximum Gasteiger partial charge on any atom is 0.252 e. The molecule has 2 amide bonds. The molecule has 0 fully saturated rings. The van der Waals surface area contributed by atoms with Crippen molar-refractivity contribution >= 4 is 34.9 Å². The Morgan fingerprint density at radius 2 is 2.06 bits per heavy atom. The van der Waals surface area contributed by atoms with Gasteiger partial charge in [0.2, 0.25) is 5.91 Å². The van der Waals surface area contributed by atoms with Crippen LogP contribution in [0.1, 0.15) is 43.4 Å². The van der Waals surface area contributed by atoms with Gasteiger partial charge in [-0.3, -0.25) is 14.6 Å². The van der Waals surface area contributed by atoms with Crippen LogP contribution in [0.25, 0.3) is 0 Å². The van der Waals surface area contributed by atoms with Crippen LogP contribution in [-0.2, 0) is 30.7 Å². The highest BCUT2D eigenvalue weighted by Gasteiger charge is 2.24. The summed E-state index contributed by atoms with van der Waals surface area (Å²) in [5.41, 5.74) is 5.74. The SMILES string of the molecule is CSc1ccccc1C(=O)NCc1c(C)ncc2c1CCN(C(=O)Cc1csc(C)n1)C2. The Labute approximate surface area is 196 Å². The van der Waals surface area contributed by atoms with Crippen molar-refractivity contribution in [2.24, 2.45) is 0 Å². The highest BCUT2D eigenvalue weighted by atomic mass is 32.2. The quantitative estimate of drug-likeness (QED) is 0.557. The molecule has 0 aliphatic carbocycles. The zero-order chi connectivity index (χ0) is 22.7. The molecule has 0 bridgehead atoms. The molecular weight excluding hydrogens is 440 g/mol. The van der Waals surface area contributed by atoms with Gasteiger partial charge in [0.15, 0.2) is 0 Å². The number of hydrogen-bond donors (Lipinski definition) is 1. The Hall–Kier alpha value is -2.71. The molecule has 1 N–H and O–H groups in total. The molecular formula is C24H26N4O2S2. The predicted octanol–water partition coefficient (Wildman–Crippen LogP) is 3.93. The number of nitrogens with one attached hydrogen (secondary N) is 1. The number of nitrogens with zero attached hydrogens (tertiary/aromatic N) is 3. The number of benzene rings is 1. The molecule has 0 radical (unpaired) electrons. The van der Waals surface area contributed by atoms with Gasteiger partial charge in [0.1, 0.15) is 0 Å². The Bertz CT molecular complexity index is 1160. The van der Waals surface area contributed by atoms with Crippen LogP contribution >= 0.6 is 23.1 Å². The zero-order valence-corrected chi connectivity index (χ0v) is 20.1. The van der Waals surface area contributed by atoms with Crippen LogP contribution in [-0.4, -0.2) is 39.5 Å². The summed E-state index contributed by atoms with van der Waals surface area (Å²) < 4.78 is 0. The molecule has 0 unspecified atom stereocenters. The van der Waals surface area contributed by atoms with E-state index in [9.17, 15) is 9.59 Å². The Kier molecular flexibility index (Phi) is 6.91. The molecule has 6 nitrogen and oxygen atoms in total. The second-order valence-corrected chi connectivity index (χ2v) is 9.72. The largest absolute Gasteiger partial charge is 0.348 e. The third-order valence-corrected chi connectivity index (χ3v) is 7.34. The van der Waals surface area contributed by atoms with Crippen molar-refractivity contribution in [2.45, 2.75) is 44.7 Å². The van der Waals surface area contributed by atoms with Crippen LogP contribution in [0.3, 0.4) is 0 Å². The third-order valence-electron chi connectivity index (χ3n) is 5.72. The average Bonchev–Trinajstić information content (AvgIpc) is 3.22. The fourth-order valence-corrected chi connectivity index (χ4v) is 5.23. The summed E-state index contributed by atoms with van der Waals surface area (Å²) in [6.07, 6.45) is 4.92. The lowest BCUT2D eigenvalue weighted by molar-refractivity contribution is -0.131. The maximum atomic E-state index is 12.8. The van der Waals surface area contributed by atoms with Gasteiger partial charge < -0.3 is 10.2 Å². The second kappa shape index (κ2) is 9.83. The van der Waals surface area contributed by atoms with E-state index < -0.39 is 0 Å². The number of aryl methyl sites for hydroxylation is 2. The number of thiazole rings is 1. The molecule has 4 rings (SSSR count). The van der Waals surface area contributed by atoms with E-state index in [0.717, 1.165) is 38.8 Å². The molecule has 1 aromatic carbocycles. The lowest BCUT2D eigenvalue weighted by Crippen LogP contribution is -2.38. The van der Waals surface area contributed by atoms with E-state index in [1.807, 2.05) is 60.8 Å². The van der Waals surface area contributed by atoms with Crippen molar-refractivity contribution in [3.05, 3.63) is 74.5 Å². The van der Waals surface area contributed by atoms with Crippen molar-refractivity contribution in [3.8, 4) is 0 Å². The average molecular weight is 467 g/mol. The van der Waals surface area contributed by atoms with Gasteiger partial charge in [0.05, 0.1) is 22.7 Å². The van der Waals surface area contributed by atoms with E-state index in [-0.39, 0.29) is 11.8 Å². The number of carbonyl (C=O) groups excluding carboxylic acids is 2. The predicted molar refractivity (Wildman–Crippen MR) is 128 cm³/mol. The first-order chi connectivity index (χ1) is 15.5. The number of rotatable bonds is 6. The lowest BCUT2D eigenvalue weighted by Gasteiger charge is -2.30. The van der Waals surface area contributed by atoms with Crippen molar-refractivity contribution in [2.75, 3.05) is 12.8 Å². The molecule has 0 saturated carbocycles. The number of hydrogen-bond acceptors (Lipinski definition) is 6. The highest BCUT2D eigenvalue weighted by molar-refractivity contribution is 7.98. The molecule has 32 heavy (non-hydrogen) atoms. The number of fused-ring (bicyclic) bond motifs is 1. The summed E-state index contributed by atoms with van der Waals surface area (Å²) in [6, 6.07) is 7.62. The first-order valence-corrected chi connectivity index (χ1v) is 12.6. The minimum Gasteiger partial charge on any atom is -0.348 e. The topological polar surface area (TPSA) is 75.2 Å². The first-order valence-electron chi connectivity index (χ1n) is 10.5. The maximum absolute atomic E-state index is 12.8. The smallest absolute Gasteiger partial charge is 0.252 e. The van der Waals surface area contributed by atoms with E-state index in [2.05, 4.69) is 15.3 Å². The summed E-state index contributed by atoms with van der Waals surface area (Å²) >= 11 is 3.13. The fraction of sp³-hybridized carbons (Fsp3) is 0.333. The van der Waals surface area contributed by atoms with Crippen LogP contribution in [0.4, 0.5) is 0 Å². The van der Waals surface area contributed by atoms with Crippen LogP contribution in [0.15, 0.2) is 40.7 Å². The monoisotopic (exact) mass is 466 g/mol. The Morgan fingerprint density at radius 3 is 2.81 bits per heavy atom. The number of carbonyl (C=O) groups is 2. The van der Waals surface area contributed by atoms with Gasteiger partial charge in [-0.2, -0.15) is 0 Å². The summed E-state index contributed by atoms with van der Waals surface area (Å²) in [5, 5.41) is 6.00. The highest BCUT2D eigenvalue weighted by Crippen LogP contribution is 2.25. The summed E-state index contributed by atoms with van der Waals surface area (Å²) in [6.45, 7) is 5.55. The summed E-state index contributed by atoms with van der Waals surface area (Å²) in [4.78, 5) is 37.4. The third kappa shape index (κ3) is 4.86. The lowest BCUT2D eigenvalue weighted by atomic mass is 9.94. The van der Waals surface area contributed by atoms with Gasteiger partial charge in [0, 0.05) is 41.8 Å². The van der Waals surface area contributed by atoms with Crippen molar-refractivity contribution in [1.82, 2.24) is 20.2 Å². The number of pyridine rings is 1. The number of aromatic nitrogens is 2. The van der Waals surface area contributed by atoms with Gasteiger partial charge >= 0.3 is 0 Å². The zero-order valence-electron chi connectivity index (χ0n) is 18.5. The molecule has 166 valence electrons. The Balaban J connectivity index is 1.46. The standard InChI is InChI=1S/C24H26N4O2S2/c1-15-21(12-26-24(30)20-6-4-5-7-22(20)31-3)19-8-9-28(13-17(19)11-25-15)23(29)10-18-14-32-16(2)27-18/h4-7,11,14H,8-10,12-13H2,1-3H3,(H,26,30). The first kappa shape index (κ1) is 22.5. The summed E-state index contributed by atoms with van der Waals surface area (Å²) in [5.74, 6) is 0.00294. The molecule has 1 aliphatic rings. The van der Waals surface area contributed by atoms with E-state index in [4.69, 9.17) is 0 Å². The van der Waals surface area contributed by atoms with Crippen LogP contribution in [0.2, 0.25) is 0 Å². The van der Waals surface area contributed by atoms with Crippen LogP contribution in [0, 0.1) is 13.8 Å². The van der Waals surface area contributed by atoms with E-state index in [1.54, 1.807) is 23.1 Å². The van der Waals surface area contributed by atoms with E-state index in [0.29, 0.717) is 31.6 Å². The molecule has 8 heteroatoms. The molecule has 0 atom stereocenters. The van der Waals surface area contributed by atoms with Crippen molar-refractivity contribution < 1.29 is 9.59 Å². The minimum atomic E-state index is -0.0851. The van der Waals surface area contributed by atoms with Gasteiger partial charge in [-0.25, -0.2) is 4.98 Å². The molecule has 0 spiro atoms. The van der Waals surface area contributed by atoms with Crippen molar-refractivity contribution in [3.63, 3.8) is 0 Å². The Morgan fingerprint density at radius 1 is 1.25 bits per heavy atom. The van der Waals surface area contributed by atoms with Gasteiger partial charge in [-0.05, 0) is 55.3 Å². The van der Waals surface area contributed by atoms with E-state index in [1.165, 1.54) is 5.56 Å². The molecule has 1 aliphatic heterocycles. The molecule has 3 heterocycles. The number of amides is 2. The van der Waals surface area contributed by atoms with Gasteiger partial charge in [0.25, 0.3) is 5.91 Å². The van der Waals surface area contributed by atoms with Crippen molar-refractivity contribution in [1.29, 1.82) is 0 Å². The van der Waals surface area contributed by atoms with E-state index >= 15 is 0 Å². The minimum absolute atomic E-state index is 0.0851. The van der Waals surface area contributed by atoms with Crippen LogP contribution in [0.5, 0.6) is 0 Å². The summed E-state index contributed by atoms with van der Waals surface area (Å²) in [7, 11) is 0. The van der Waals surface area contributed by atoms with Gasteiger partial charge in [-0.1, -0.05) is 12.1 Å². The normalized spacial score (nSPS) is 13.0. The second-order valence-electron chi connectivity index (χ2n) is 7.81. The molecule has 3 aromatic rings. The van der Waals surface area contributed by atoms with Crippen LogP contribution < -0.4 is 5.32 Å². The fourth-order valence-electron chi connectivity index (χ4n) is 4.02. The molecule has 0 saturated heterocycles.